The molecule has 3 heteroatoms. The normalized spacial score (nSPS) is 11.3. The highest BCUT2D eigenvalue weighted by Crippen LogP contribution is 2.13. The first kappa shape index (κ1) is 18.0. The molecular weight excluding hydrogens is 260 g/mol. The van der Waals surface area contributed by atoms with Crippen LogP contribution in [0.2, 0.25) is 0 Å². The average Bonchev–Trinajstić information content (AvgIpc) is 2.48. The van der Waals surface area contributed by atoms with Gasteiger partial charge < -0.3 is 14.5 Å². The highest BCUT2D eigenvalue weighted by atomic mass is 16.5. The van der Waals surface area contributed by atoms with Crippen molar-refractivity contribution in [1.29, 1.82) is 0 Å². The third kappa shape index (κ3) is 8.08. The fraction of sp³-hybridized carbons (Fsp3) is 0.667. The molecule has 21 heavy (non-hydrogen) atoms. The van der Waals surface area contributed by atoms with Gasteiger partial charge in [-0.05, 0) is 70.7 Å². The van der Waals surface area contributed by atoms with E-state index in [1.807, 2.05) is 0 Å². The Morgan fingerprint density at radius 3 is 2.14 bits per heavy atom. The van der Waals surface area contributed by atoms with Gasteiger partial charge in [0.2, 0.25) is 0 Å². The number of aryl methyl sites for hydroxylation is 1. The van der Waals surface area contributed by atoms with Crippen LogP contribution in [-0.2, 0) is 6.42 Å². The summed E-state index contributed by atoms with van der Waals surface area (Å²) in [6, 6.07) is 8.58. The maximum atomic E-state index is 5.81. The zero-order valence-electron chi connectivity index (χ0n) is 14.3. The maximum Gasteiger partial charge on any atom is 0.119 e. The Morgan fingerprint density at radius 1 is 0.905 bits per heavy atom. The van der Waals surface area contributed by atoms with Gasteiger partial charge in [-0.3, -0.25) is 0 Å². The van der Waals surface area contributed by atoms with Crippen molar-refractivity contribution in [3.05, 3.63) is 29.8 Å². The molecule has 0 heterocycles. The van der Waals surface area contributed by atoms with Gasteiger partial charge in [0.25, 0.3) is 0 Å². The van der Waals surface area contributed by atoms with E-state index in [9.17, 15) is 0 Å². The van der Waals surface area contributed by atoms with E-state index in [1.54, 1.807) is 0 Å². The third-order valence-electron chi connectivity index (χ3n) is 3.78. The lowest BCUT2D eigenvalue weighted by Crippen LogP contribution is -2.25. The Bertz CT molecular complexity index is 358. The molecule has 0 saturated heterocycles. The lowest BCUT2D eigenvalue weighted by molar-refractivity contribution is 0.249. The molecule has 0 N–H and O–H groups in total. The molecule has 0 aliphatic rings. The van der Waals surface area contributed by atoms with Gasteiger partial charge in [-0.2, -0.15) is 0 Å². The van der Waals surface area contributed by atoms with E-state index in [-0.39, 0.29) is 0 Å². The van der Waals surface area contributed by atoms with E-state index >= 15 is 0 Å². The van der Waals surface area contributed by atoms with Crippen molar-refractivity contribution in [2.45, 2.75) is 33.1 Å². The molecule has 0 aliphatic carbocycles. The molecule has 0 amide bonds. The second-order valence-electron chi connectivity index (χ2n) is 5.78. The van der Waals surface area contributed by atoms with Crippen molar-refractivity contribution < 1.29 is 4.74 Å². The van der Waals surface area contributed by atoms with E-state index in [2.05, 4.69) is 62.0 Å². The molecule has 0 aromatic heterocycles. The first-order valence-electron chi connectivity index (χ1n) is 8.24. The largest absolute Gasteiger partial charge is 0.494 e. The predicted molar refractivity (Wildman–Crippen MR) is 91.2 cm³/mol. The standard InChI is InChI=1S/C18H32N2O/c1-5-20(6-2)15-8-16-21-18-12-10-17(11-13-18)9-7-14-19(3)4/h10-13H,5-9,14-16H2,1-4H3. The van der Waals surface area contributed by atoms with Crippen LogP contribution >= 0.6 is 0 Å². The lowest BCUT2D eigenvalue weighted by Gasteiger charge is -2.17. The maximum absolute atomic E-state index is 5.81. The third-order valence-corrected chi connectivity index (χ3v) is 3.78. The number of nitrogens with zero attached hydrogens (tertiary/aromatic N) is 2. The minimum Gasteiger partial charge on any atom is -0.494 e. The SMILES string of the molecule is CCN(CC)CCCOc1ccc(CCCN(C)C)cc1. The summed E-state index contributed by atoms with van der Waals surface area (Å²) < 4.78 is 5.81. The Morgan fingerprint density at radius 2 is 1.57 bits per heavy atom. The quantitative estimate of drug-likeness (QED) is 0.582. The number of hydrogen-bond donors (Lipinski definition) is 0. The van der Waals surface area contributed by atoms with E-state index in [4.69, 9.17) is 4.74 Å². The van der Waals surface area contributed by atoms with E-state index in [0.29, 0.717) is 0 Å². The Kier molecular flexibility index (Phi) is 9.11. The Labute approximate surface area is 130 Å². The molecule has 0 spiro atoms. The van der Waals surface area contributed by atoms with Crippen LogP contribution in [0.15, 0.2) is 24.3 Å². The van der Waals surface area contributed by atoms with Gasteiger partial charge in [0, 0.05) is 6.54 Å². The fourth-order valence-corrected chi connectivity index (χ4v) is 2.37. The van der Waals surface area contributed by atoms with Crippen molar-refractivity contribution >= 4 is 0 Å². The van der Waals surface area contributed by atoms with Crippen LogP contribution in [0.5, 0.6) is 5.75 Å². The van der Waals surface area contributed by atoms with Gasteiger partial charge >= 0.3 is 0 Å². The van der Waals surface area contributed by atoms with Crippen molar-refractivity contribution in [1.82, 2.24) is 9.80 Å². The van der Waals surface area contributed by atoms with Gasteiger partial charge in [0.05, 0.1) is 6.61 Å². The molecule has 0 atom stereocenters. The highest BCUT2D eigenvalue weighted by Gasteiger charge is 2.00. The minimum atomic E-state index is 0.802. The van der Waals surface area contributed by atoms with Crippen LogP contribution in [0.3, 0.4) is 0 Å². The van der Waals surface area contributed by atoms with Gasteiger partial charge in [0.1, 0.15) is 5.75 Å². The second-order valence-corrected chi connectivity index (χ2v) is 5.78. The van der Waals surface area contributed by atoms with E-state index in [1.165, 1.54) is 12.0 Å². The summed E-state index contributed by atoms with van der Waals surface area (Å²) in [4.78, 5) is 4.66. The number of ether oxygens (including phenoxy) is 1. The zero-order chi connectivity index (χ0) is 15.5. The molecule has 0 bridgehead atoms. The highest BCUT2D eigenvalue weighted by molar-refractivity contribution is 5.27. The summed E-state index contributed by atoms with van der Waals surface area (Å²) >= 11 is 0. The second kappa shape index (κ2) is 10.6. The van der Waals surface area contributed by atoms with Gasteiger partial charge in [-0.25, -0.2) is 0 Å². The van der Waals surface area contributed by atoms with Crippen LogP contribution in [0.25, 0.3) is 0 Å². The number of rotatable bonds is 11. The molecule has 0 aliphatic heterocycles. The van der Waals surface area contributed by atoms with Crippen LogP contribution < -0.4 is 4.74 Å². The smallest absolute Gasteiger partial charge is 0.119 e. The molecule has 120 valence electrons. The summed E-state index contributed by atoms with van der Waals surface area (Å²) in [5.41, 5.74) is 1.40. The van der Waals surface area contributed by atoms with Crippen LogP contribution in [0.4, 0.5) is 0 Å². The fourth-order valence-electron chi connectivity index (χ4n) is 2.37. The number of benzene rings is 1. The van der Waals surface area contributed by atoms with Crippen LogP contribution in [0, 0.1) is 0 Å². The van der Waals surface area contributed by atoms with Crippen molar-refractivity contribution in [3.63, 3.8) is 0 Å². The monoisotopic (exact) mass is 292 g/mol. The minimum absolute atomic E-state index is 0.802. The Balaban J connectivity index is 2.21. The molecule has 0 radical (unpaired) electrons. The molecule has 1 rings (SSSR count). The summed E-state index contributed by atoms with van der Waals surface area (Å²) in [7, 11) is 4.24. The molecule has 0 unspecified atom stereocenters. The summed E-state index contributed by atoms with van der Waals surface area (Å²) in [6.45, 7) is 9.73. The summed E-state index contributed by atoms with van der Waals surface area (Å²) in [5, 5.41) is 0. The molecule has 0 fully saturated rings. The van der Waals surface area contributed by atoms with Crippen LogP contribution in [0.1, 0.15) is 32.3 Å². The van der Waals surface area contributed by atoms with Gasteiger partial charge in [-0.15, -0.1) is 0 Å². The Hall–Kier alpha value is -1.06. The summed E-state index contributed by atoms with van der Waals surface area (Å²) in [5.74, 6) is 0.992. The van der Waals surface area contributed by atoms with Crippen molar-refractivity contribution in [3.8, 4) is 5.75 Å². The molecule has 1 aromatic carbocycles. The van der Waals surface area contributed by atoms with E-state index < -0.39 is 0 Å². The van der Waals surface area contributed by atoms with Crippen molar-refractivity contribution in [2.24, 2.45) is 0 Å². The molecule has 0 saturated carbocycles. The summed E-state index contributed by atoms with van der Waals surface area (Å²) in [6.07, 6.45) is 3.43. The first-order valence-corrected chi connectivity index (χ1v) is 8.24. The zero-order valence-corrected chi connectivity index (χ0v) is 14.3. The molecule has 1 aromatic rings. The first-order chi connectivity index (χ1) is 10.2. The lowest BCUT2D eigenvalue weighted by atomic mass is 10.1. The number of hydrogen-bond acceptors (Lipinski definition) is 3. The molecular formula is C18H32N2O. The van der Waals surface area contributed by atoms with E-state index in [0.717, 1.165) is 51.4 Å². The molecule has 3 nitrogen and oxygen atoms in total. The topological polar surface area (TPSA) is 15.7 Å². The average molecular weight is 292 g/mol. The predicted octanol–water partition coefficient (Wildman–Crippen LogP) is 3.29. The van der Waals surface area contributed by atoms with Gasteiger partial charge in [0.15, 0.2) is 0 Å². The van der Waals surface area contributed by atoms with Crippen LogP contribution in [-0.4, -0.2) is 56.7 Å². The van der Waals surface area contributed by atoms with Crippen molar-refractivity contribution in [2.75, 3.05) is 46.9 Å². The van der Waals surface area contributed by atoms with Gasteiger partial charge in [-0.1, -0.05) is 26.0 Å².